The number of carbonyl (C=O) groups is 1. The molecule has 6 heteroatoms. The summed E-state index contributed by atoms with van der Waals surface area (Å²) < 4.78 is 17.4. The van der Waals surface area contributed by atoms with E-state index in [9.17, 15) is 9.90 Å². The highest BCUT2D eigenvalue weighted by Crippen LogP contribution is 2.40. The molecule has 2 aromatic carbocycles. The molecule has 1 saturated carbocycles. The number of hydrogen-bond acceptors (Lipinski definition) is 5. The molecule has 0 atom stereocenters. The summed E-state index contributed by atoms with van der Waals surface area (Å²) in [5.41, 5.74) is 1.10. The number of oxazole rings is 1. The minimum atomic E-state index is -1.29. The topological polar surface area (TPSA) is 81.8 Å². The predicted molar refractivity (Wildman–Crippen MR) is 130 cm³/mol. The zero-order valence-corrected chi connectivity index (χ0v) is 20.1. The number of benzene rings is 2. The molecule has 0 unspecified atom stereocenters. The van der Waals surface area contributed by atoms with Gasteiger partial charge in [-0.05, 0) is 82.2 Å². The molecule has 1 fully saturated rings. The Labute approximate surface area is 200 Å². The summed E-state index contributed by atoms with van der Waals surface area (Å²) >= 11 is 0. The first-order valence-electron chi connectivity index (χ1n) is 12.0. The summed E-state index contributed by atoms with van der Waals surface area (Å²) in [4.78, 5) is 16.0. The number of nitrogens with zero attached hydrogens (tertiary/aromatic N) is 1. The van der Waals surface area contributed by atoms with Crippen molar-refractivity contribution < 1.29 is 23.8 Å². The molecule has 1 N–H and O–H groups in total. The number of ether oxygens (including phenoxy) is 2. The minimum Gasteiger partial charge on any atom is -0.493 e. The van der Waals surface area contributed by atoms with Crippen LogP contribution < -0.4 is 9.47 Å². The summed E-state index contributed by atoms with van der Waals surface area (Å²) in [6, 6.07) is 17.8. The van der Waals surface area contributed by atoms with Crippen LogP contribution in [0.15, 0.2) is 59.0 Å². The van der Waals surface area contributed by atoms with Crippen molar-refractivity contribution in [1.82, 2.24) is 4.98 Å². The Balaban J connectivity index is 1.26. The lowest BCUT2D eigenvalue weighted by Crippen LogP contribution is -2.37. The SMILES string of the molecule is Cc1oc(C2CCC(c3ccccc3)CC2)nc1CCOc1ccc(OC(C)(C)C(=O)O)cc1. The van der Waals surface area contributed by atoms with Crippen LogP contribution in [0.3, 0.4) is 0 Å². The summed E-state index contributed by atoms with van der Waals surface area (Å²) in [6.45, 7) is 5.48. The van der Waals surface area contributed by atoms with Crippen molar-refractivity contribution in [3.05, 3.63) is 77.5 Å². The zero-order chi connectivity index (χ0) is 24.1. The Morgan fingerprint density at radius 2 is 1.62 bits per heavy atom. The van der Waals surface area contributed by atoms with Crippen LogP contribution in [0, 0.1) is 6.92 Å². The predicted octanol–water partition coefficient (Wildman–Crippen LogP) is 6.29. The van der Waals surface area contributed by atoms with Gasteiger partial charge in [0.15, 0.2) is 11.5 Å². The molecule has 1 aliphatic carbocycles. The molecule has 6 nitrogen and oxygen atoms in total. The molecular weight excluding hydrogens is 430 g/mol. The van der Waals surface area contributed by atoms with E-state index >= 15 is 0 Å². The van der Waals surface area contributed by atoms with Crippen LogP contribution >= 0.6 is 0 Å². The first-order valence-corrected chi connectivity index (χ1v) is 12.0. The smallest absolute Gasteiger partial charge is 0.347 e. The van der Waals surface area contributed by atoms with Crippen molar-refractivity contribution in [3.63, 3.8) is 0 Å². The summed E-state index contributed by atoms with van der Waals surface area (Å²) in [6.07, 6.45) is 5.19. The van der Waals surface area contributed by atoms with Gasteiger partial charge in [-0.15, -0.1) is 0 Å². The maximum atomic E-state index is 11.2. The normalized spacial score (nSPS) is 18.4. The second-order valence-corrected chi connectivity index (χ2v) is 9.50. The van der Waals surface area contributed by atoms with E-state index in [1.807, 2.05) is 6.92 Å². The average molecular weight is 464 g/mol. The highest BCUT2D eigenvalue weighted by molar-refractivity contribution is 5.76. The molecule has 4 rings (SSSR count). The van der Waals surface area contributed by atoms with Crippen LogP contribution in [0.5, 0.6) is 11.5 Å². The molecule has 3 aromatic rings. The van der Waals surface area contributed by atoms with Crippen LogP contribution in [0.2, 0.25) is 0 Å². The van der Waals surface area contributed by atoms with E-state index in [4.69, 9.17) is 18.9 Å². The summed E-state index contributed by atoms with van der Waals surface area (Å²) in [5.74, 6) is 2.91. The van der Waals surface area contributed by atoms with Gasteiger partial charge in [-0.25, -0.2) is 9.78 Å². The number of aryl methyl sites for hydroxylation is 1. The van der Waals surface area contributed by atoms with Crippen molar-refractivity contribution in [2.75, 3.05) is 6.61 Å². The van der Waals surface area contributed by atoms with E-state index < -0.39 is 11.6 Å². The van der Waals surface area contributed by atoms with E-state index in [0.29, 0.717) is 36.4 Å². The Bertz CT molecular complexity index is 1080. The molecule has 0 amide bonds. The molecule has 0 saturated heterocycles. The van der Waals surface area contributed by atoms with Gasteiger partial charge in [0.25, 0.3) is 0 Å². The molecular formula is C28H33NO5. The van der Waals surface area contributed by atoms with Crippen LogP contribution in [0.25, 0.3) is 0 Å². The van der Waals surface area contributed by atoms with Crippen molar-refractivity contribution in [3.8, 4) is 11.5 Å². The van der Waals surface area contributed by atoms with Gasteiger partial charge in [-0.1, -0.05) is 30.3 Å². The number of carboxylic acids is 1. The third kappa shape index (κ3) is 5.79. The first kappa shape index (κ1) is 23.9. The second kappa shape index (κ2) is 10.3. The van der Waals surface area contributed by atoms with Crippen LogP contribution in [-0.2, 0) is 11.2 Å². The average Bonchev–Trinajstić information content (AvgIpc) is 3.21. The summed E-state index contributed by atoms with van der Waals surface area (Å²) in [7, 11) is 0. The fourth-order valence-corrected chi connectivity index (χ4v) is 4.46. The number of rotatable bonds is 9. The standard InChI is InChI=1S/C28H33NO5/c1-19-25(17-18-32-23-13-15-24(16-14-23)34-28(2,3)27(30)31)29-26(33-19)22-11-9-21(10-12-22)20-7-5-4-6-8-20/h4-8,13-16,21-22H,9-12,17-18H2,1-3H3,(H,30,31). The van der Waals surface area contributed by atoms with Gasteiger partial charge >= 0.3 is 5.97 Å². The van der Waals surface area contributed by atoms with Gasteiger partial charge < -0.3 is 19.0 Å². The minimum absolute atomic E-state index is 0.385. The van der Waals surface area contributed by atoms with Crippen LogP contribution in [-0.4, -0.2) is 28.3 Å². The number of carboxylic acid groups (broad SMARTS) is 1. The molecule has 180 valence electrons. The van der Waals surface area contributed by atoms with E-state index in [2.05, 4.69) is 30.3 Å². The number of aromatic nitrogens is 1. The monoisotopic (exact) mass is 463 g/mol. The third-order valence-electron chi connectivity index (χ3n) is 6.58. The molecule has 1 aromatic heterocycles. The second-order valence-electron chi connectivity index (χ2n) is 9.50. The van der Waals surface area contributed by atoms with Crippen molar-refractivity contribution in [1.29, 1.82) is 0 Å². The number of hydrogen-bond donors (Lipinski definition) is 1. The van der Waals surface area contributed by atoms with Crippen LogP contribution in [0.1, 0.15) is 74.3 Å². The number of aliphatic carboxylic acids is 1. The molecule has 0 spiro atoms. The van der Waals surface area contributed by atoms with E-state index in [-0.39, 0.29) is 0 Å². The Kier molecular flexibility index (Phi) is 7.25. The van der Waals surface area contributed by atoms with Crippen LogP contribution in [0.4, 0.5) is 0 Å². The van der Waals surface area contributed by atoms with Gasteiger partial charge in [0.1, 0.15) is 17.3 Å². The molecule has 0 bridgehead atoms. The van der Waals surface area contributed by atoms with E-state index in [0.717, 1.165) is 43.0 Å². The molecule has 34 heavy (non-hydrogen) atoms. The highest BCUT2D eigenvalue weighted by atomic mass is 16.5. The zero-order valence-electron chi connectivity index (χ0n) is 20.1. The lowest BCUT2D eigenvalue weighted by atomic mass is 9.78. The lowest BCUT2D eigenvalue weighted by Gasteiger charge is -2.27. The summed E-state index contributed by atoms with van der Waals surface area (Å²) in [5, 5.41) is 9.18. The highest BCUT2D eigenvalue weighted by Gasteiger charge is 2.29. The van der Waals surface area contributed by atoms with E-state index in [1.165, 1.54) is 19.4 Å². The molecule has 0 radical (unpaired) electrons. The van der Waals surface area contributed by atoms with Crippen molar-refractivity contribution in [2.45, 2.75) is 70.3 Å². The maximum Gasteiger partial charge on any atom is 0.347 e. The first-order chi connectivity index (χ1) is 16.3. The van der Waals surface area contributed by atoms with Gasteiger partial charge in [0.2, 0.25) is 0 Å². The van der Waals surface area contributed by atoms with Gasteiger partial charge in [0, 0.05) is 12.3 Å². The Morgan fingerprint density at radius 3 is 2.26 bits per heavy atom. The van der Waals surface area contributed by atoms with Crippen molar-refractivity contribution >= 4 is 5.97 Å². The molecule has 1 aliphatic rings. The molecule has 1 heterocycles. The van der Waals surface area contributed by atoms with Gasteiger partial charge in [-0.3, -0.25) is 0 Å². The quantitative estimate of drug-likeness (QED) is 0.402. The fourth-order valence-electron chi connectivity index (χ4n) is 4.46. The maximum absolute atomic E-state index is 11.2. The molecule has 0 aliphatic heterocycles. The lowest BCUT2D eigenvalue weighted by molar-refractivity contribution is -0.152. The fraction of sp³-hybridized carbons (Fsp3) is 0.429. The largest absolute Gasteiger partial charge is 0.493 e. The third-order valence-corrected chi connectivity index (χ3v) is 6.58. The van der Waals surface area contributed by atoms with Gasteiger partial charge in [0.05, 0.1) is 12.3 Å². The Morgan fingerprint density at radius 1 is 1.00 bits per heavy atom. The van der Waals surface area contributed by atoms with Gasteiger partial charge in [-0.2, -0.15) is 0 Å². The van der Waals surface area contributed by atoms with E-state index in [1.54, 1.807) is 24.3 Å². The van der Waals surface area contributed by atoms with Crippen molar-refractivity contribution in [2.24, 2.45) is 0 Å². The Hall–Kier alpha value is -3.28.